The number of hydrogen-bond donors (Lipinski definition) is 1. The first-order valence-electron chi connectivity index (χ1n) is 8.54. The van der Waals surface area contributed by atoms with Crippen molar-refractivity contribution in [1.82, 2.24) is 10.3 Å². The van der Waals surface area contributed by atoms with Crippen LogP contribution in [0.25, 0.3) is 0 Å². The standard InChI is InChI=1S/C21H22N2O2S/c1-15-8-9-19(10-16(15)2)25-13-21-23-18(14-26-21)11-20(24)22-12-17-6-4-3-5-7-17/h3-10,14H,11-13H2,1-2H3,(H,22,24). The summed E-state index contributed by atoms with van der Waals surface area (Å²) in [7, 11) is 0. The van der Waals surface area contributed by atoms with Crippen LogP contribution in [0.2, 0.25) is 0 Å². The summed E-state index contributed by atoms with van der Waals surface area (Å²) in [5.74, 6) is 0.811. The summed E-state index contributed by atoms with van der Waals surface area (Å²) in [4.78, 5) is 16.6. The largest absolute Gasteiger partial charge is 0.486 e. The Hall–Kier alpha value is -2.66. The van der Waals surface area contributed by atoms with Crippen LogP contribution in [0.4, 0.5) is 0 Å². The summed E-state index contributed by atoms with van der Waals surface area (Å²) in [6, 6.07) is 15.9. The van der Waals surface area contributed by atoms with E-state index in [4.69, 9.17) is 4.74 Å². The molecule has 1 amide bonds. The molecule has 0 spiro atoms. The van der Waals surface area contributed by atoms with E-state index in [-0.39, 0.29) is 12.3 Å². The smallest absolute Gasteiger partial charge is 0.226 e. The summed E-state index contributed by atoms with van der Waals surface area (Å²) in [5.41, 5.74) is 4.31. The number of ether oxygens (including phenoxy) is 1. The van der Waals surface area contributed by atoms with E-state index < -0.39 is 0 Å². The molecule has 0 saturated heterocycles. The molecule has 134 valence electrons. The van der Waals surface area contributed by atoms with Gasteiger partial charge in [0.25, 0.3) is 0 Å². The highest BCUT2D eigenvalue weighted by atomic mass is 32.1. The van der Waals surface area contributed by atoms with Gasteiger partial charge in [0.2, 0.25) is 5.91 Å². The van der Waals surface area contributed by atoms with Crippen molar-refractivity contribution in [3.05, 3.63) is 81.3 Å². The van der Waals surface area contributed by atoms with Crippen molar-refractivity contribution in [1.29, 1.82) is 0 Å². The number of thiazole rings is 1. The van der Waals surface area contributed by atoms with Crippen LogP contribution in [0, 0.1) is 13.8 Å². The molecular formula is C21H22N2O2S. The second-order valence-electron chi connectivity index (χ2n) is 6.21. The van der Waals surface area contributed by atoms with E-state index in [0.29, 0.717) is 13.2 Å². The van der Waals surface area contributed by atoms with Crippen molar-refractivity contribution < 1.29 is 9.53 Å². The zero-order valence-electron chi connectivity index (χ0n) is 15.0. The molecule has 1 aromatic heterocycles. The van der Waals surface area contributed by atoms with E-state index in [9.17, 15) is 4.79 Å². The average Bonchev–Trinajstić information content (AvgIpc) is 3.09. The fourth-order valence-corrected chi connectivity index (χ4v) is 3.17. The van der Waals surface area contributed by atoms with Gasteiger partial charge in [-0.3, -0.25) is 4.79 Å². The van der Waals surface area contributed by atoms with E-state index in [1.54, 1.807) is 0 Å². The van der Waals surface area contributed by atoms with E-state index in [1.807, 2.05) is 47.8 Å². The first kappa shape index (κ1) is 18.1. The Kier molecular flexibility index (Phi) is 6.02. The molecule has 1 N–H and O–H groups in total. The number of amides is 1. The Morgan fingerprint density at radius 3 is 2.69 bits per heavy atom. The highest BCUT2D eigenvalue weighted by Crippen LogP contribution is 2.19. The minimum Gasteiger partial charge on any atom is -0.486 e. The third kappa shape index (κ3) is 5.17. The lowest BCUT2D eigenvalue weighted by Gasteiger charge is -2.06. The Labute approximate surface area is 157 Å². The van der Waals surface area contributed by atoms with Crippen molar-refractivity contribution in [2.75, 3.05) is 0 Å². The summed E-state index contributed by atoms with van der Waals surface area (Å²) in [6.07, 6.45) is 0.285. The molecule has 0 bridgehead atoms. The molecular weight excluding hydrogens is 344 g/mol. The van der Waals surface area contributed by atoms with E-state index in [1.165, 1.54) is 22.5 Å². The fraction of sp³-hybridized carbons (Fsp3) is 0.238. The van der Waals surface area contributed by atoms with Crippen LogP contribution in [0.1, 0.15) is 27.4 Å². The Morgan fingerprint density at radius 1 is 1.12 bits per heavy atom. The number of carbonyl (C=O) groups is 1. The van der Waals surface area contributed by atoms with Gasteiger partial charge in [0.1, 0.15) is 17.4 Å². The SMILES string of the molecule is Cc1ccc(OCc2nc(CC(=O)NCc3ccccc3)cs2)cc1C. The van der Waals surface area contributed by atoms with E-state index in [2.05, 4.69) is 30.2 Å². The maximum atomic E-state index is 12.1. The molecule has 3 aromatic rings. The second-order valence-corrected chi connectivity index (χ2v) is 7.15. The number of carbonyl (C=O) groups excluding carboxylic acids is 1. The maximum Gasteiger partial charge on any atom is 0.226 e. The molecule has 0 atom stereocenters. The quantitative estimate of drug-likeness (QED) is 0.682. The summed E-state index contributed by atoms with van der Waals surface area (Å²) >= 11 is 1.52. The third-order valence-corrected chi connectivity index (χ3v) is 4.99. The van der Waals surface area contributed by atoms with Gasteiger partial charge < -0.3 is 10.1 Å². The molecule has 5 heteroatoms. The van der Waals surface area contributed by atoms with Crippen molar-refractivity contribution in [2.24, 2.45) is 0 Å². The van der Waals surface area contributed by atoms with Crippen molar-refractivity contribution in [3.63, 3.8) is 0 Å². The predicted molar refractivity (Wildman–Crippen MR) is 104 cm³/mol. The molecule has 1 heterocycles. The summed E-state index contributed by atoms with van der Waals surface area (Å²) in [6.45, 7) is 5.10. The topological polar surface area (TPSA) is 51.2 Å². The zero-order valence-corrected chi connectivity index (χ0v) is 15.8. The molecule has 2 aromatic carbocycles. The minimum atomic E-state index is -0.0271. The average molecular weight is 366 g/mol. The first-order chi connectivity index (χ1) is 12.6. The molecule has 3 rings (SSSR count). The van der Waals surface area contributed by atoms with Crippen LogP contribution < -0.4 is 10.1 Å². The summed E-state index contributed by atoms with van der Waals surface area (Å²) in [5, 5.41) is 5.71. The minimum absolute atomic E-state index is 0.0271. The van der Waals surface area contributed by atoms with Crippen LogP contribution in [0.15, 0.2) is 53.9 Å². The first-order valence-corrected chi connectivity index (χ1v) is 9.42. The normalized spacial score (nSPS) is 10.5. The molecule has 26 heavy (non-hydrogen) atoms. The molecule has 0 radical (unpaired) electrons. The van der Waals surface area contributed by atoms with Gasteiger partial charge >= 0.3 is 0 Å². The van der Waals surface area contributed by atoms with Crippen LogP contribution in [0.3, 0.4) is 0 Å². The lowest BCUT2D eigenvalue weighted by atomic mass is 10.1. The van der Waals surface area contributed by atoms with Crippen molar-refractivity contribution in [3.8, 4) is 5.75 Å². The van der Waals surface area contributed by atoms with Gasteiger partial charge in [-0.2, -0.15) is 0 Å². The monoisotopic (exact) mass is 366 g/mol. The Balaban J connectivity index is 1.48. The fourth-order valence-electron chi connectivity index (χ4n) is 2.47. The van der Waals surface area contributed by atoms with Crippen LogP contribution in [0.5, 0.6) is 5.75 Å². The number of nitrogens with zero attached hydrogens (tertiary/aromatic N) is 1. The van der Waals surface area contributed by atoms with Gasteiger partial charge in [-0.25, -0.2) is 4.98 Å². The molecule has 0 aliphatic carbocycles. The molecule has 0 saturated carbocycles. The Bertz CT molecular complexity index is 875. The highest BCUT2D eigenvalue weighted by Gasteiger charge is 2.08. The predicted octanol–water partition coefficient (Wildman–Crippen LogP) is 4.20. The maximum absolute atomic E-state index is 12.1. The molecule has 4 nitrogen and oxygen atoms in total. The number of benzene rings is 2. The molecule has 0 aliphatic heterocycles. The van der Waals surface area contributed by atoms with E-state index >= 15 is 0 Å². The number of aryl methyl sites for hydroxylation is 2. The number of nitrogens with one attached hydrogen (secondary N) is 1. The third-order valence-electron chi connectivity index (χ3n) is 4.11. The van der Waals surface area contributed by atoms with Crippen molar-refractivity contribution >= 4 is 17.2 Å². The highest BCUT2D eigenvalue weighted by molar-refractivity contribution is 7.09. The van der Waals surface area contributed by atoms with Gasteiger partial charge in [0.15, 0.2) is 0 Å². The van der Waals surface area contributed by atoms with Crippen LogP contribution >= 0.6 is 11.3 Å². The lowest BCUT2D eigenvalue weighted by Crippen LogP contribution is -2.24. The number of rotatable bonds is 7. The van der Waals surface area contributed by atoms with Gasteiger partial charge in [-0.1, -0.05) is 36.4 Å². The van der Waals surface area contributed by atoms with Gasteiger partial charge in [0.05, 0.1) is 12.1 Å². The van der Waals surface area contributed by atoms with Crippen LogP contribution in [-0.2, 0) is 24.4 Å². The van der Waals surface area contributed by atoms with Gasteiger partial charge in [-0.15, -0.1) is 11.3 Å². The molecule has 0 fully saturated rings. The van der Waals surface area contributed by atoms with E-state index in [0.717, 1.165) is 22.0 Å². The van der Waals surface area contributed by atoms with Gasteiger partial charge in [0, 0.05) is 11.9 Å². The summed E-state index contributed by atoms with van der Waals surface area (Å²) < 4.78 is 5.80. The van der Waals surface area contributed by atoms with Gasteiger partial charge in [-0.05, 0) is 42.7 Å². The molecule has 0 aliphatic rings. The Morgan fingerprint density at radius 2 is 1.92 bits per heavy atom. The van der Waals surface area contributed by atoms with Crippen LogP contribution in [-0.4, -0.2) is 10.9 Å². The molecule has 0 unspecified atom stereocenters. The number of hydrogen-bond acceptors (Lipinski definition) is 4. The lowest BCUT2D eigenvalue weighted by molar-refractivity contribution is -0.120. The zero-order chi connectivity index (χ0) is 18.4. The number of aromatic nitrogens is 1. The second kappa shape index (κ2) is 8.63. The van der Waals surface area contributed by atoms with Crippen molar-refractivity contribution in [2.45, 2.75) is 33.4 Å².